The third-order valence-corrected chi connectivity index (χ3v) is 3.27. The summed E-state index contributed by atoms with van der Waals surface area (Å²) in [5.74, 6) is -1.41. The van der Waals surface area contributed by atoms with Crippen molar-refractivity contribution < 1.29 is 14.3 Å². The van der Waals surface area contributed by atoms with Gasteiger partial charge in [0.25, 0.3) is 0 Å². The van der Waals surface area contributed by atoms with Gasteiger partial charge in [-0.2, -0.15) is 0 Å². The van der Waals surface area contributed by atoms with Crippen LogP contribution >= 0.6 is 0 Å². The van der Waals surface area contributed by atoms with E-state index in [-0.39, 0.29) is 6.61 Å². The number of carbonyl (C=O) groups excluding carboxylic acids is 2. The second kappa shape index (κ2) is 7.55. The van der Waals surface area contributed by atoms with Crippen LogP contribution < -0.4 is 5.32 Å². The molecule has 0 fully saturated rings. The molecule has 0 saturated heterocycles. The molecule has 14 heavy (non-hydrogen) atoms. The standard InChI is InChI=1S/C9H19NO3Si/c1-4-13-9(12)8(11)10-6-5-7-14(2)3/h14H,4-7H2,1-3H3,(H,10,11). The van der Waals surface area contributed by atoms with E-state index >= 15 is 0 Å². The van der Waals surface area contributed by atoms with E-state index in [4.69, 9.17) is 0 Å². The maximum atomic E-state index is 11.0. The Morgan fingerprint density at radius 3 is 2.50 bits per heavy atom. The van der Waals surface area contributed by atoms with Gasteiger partial charge >= 0.3 is 11.9 Å². The van der Waals surface area contributed by atoms with Crippen LogP contribution in [0, 0.1) is 0 Å². The summed E-state index contributed by atoms with van der Waals surface area (Å²) >= 11 is 0. The summed E-state index contributed by atoms with van der Waals surface area (Å²) in [6.07, 6.45) is 0.953. The number of esters is 1. The van der Waals surface area contributed by atoms with Crippen LogP contribution in [0.3, 0.4) is 0 Å². The fourth-order valence-corrected chi connectivity index (χ4v) is 2.00. The van der Waals surface area contributed by atoms with Crippen LogP contribution in [0.1, 0.15) is 13.3 Å². The second-order valence-corrected chi connectivity index (χ2v) is 6.88. The maximum Gasteiger partial charge on any atom is 0.396 e. The third kappa shape index (κ3) is 6.65. The van der Waals surface area contributed by atoms with Gasteiger partial charge in [0.15, 0.2) is 0 Å². The smallest absolute Gasteiger partial charge is 0.396 e. The molecule has 0 radical (unpaired) electrons. The summed E-state index contributed by atoms with van der Waals surface area (Å²) in [6, 6.07) is 1.18. The van der Waals surface area contributed by atoms with Gasteiger partial charge in [-0.1, -0.05) is 19.1 Å². The highest BCUT2D eigenvalue weighted by molar-refractivity contribution is 6.55. The molecule has 4 nitrogen and oxygen atoms in total. The molecule has 0 rings (SSSR count). The molecule has 0 bridgehead atoms. The molecule has 0 aromatic rings. The monoisotopic (exact) mass is 217 g/mol. The molecular weight excluding hydrogens is 198 g/mol. The van der Waals surface area contributed by atoms with Gasteiger partial charge in [0.2, 0.25) is 0 Å². The number of carbonyl (C=O) groups is 2. The molecule has 0 heterocycles. The highest BCUT2D eigenvalue weighted by atomic mass is 28.3. The van der Waals surface area contributed by atoms with Gasteiger partial charge in [-0.15, -0.1) is 0 Å². The molecule has 0 aliphatic heterocycles. The lowest BCUT2D eigenvalue weighted by Crippen LogP contribution is -2.33. The maximum absolute atomic E-state index is 11.0. The van der Waals surface area contributed by atoms with Crippen LogP contribution in [0.5, 0.6) is 0 Å². The number of rotatable bonds is 5. The largest absolute Gasteiger partial charge is 0.459 e. The van der Waals surface area contributed by atoms with E-state index < -0.39 is 20.7 Å². The molecule has 0 aromatic carbocycles. The van der Waals surface area contributed by atoms with Crippen LogP contribution in [-0.4, -0.2) is 33.8 Å². The Hall–Kier alpha value is -0.843. The number of ether oxygens (including phenoxy) is 1. The summed E-state index contributed by atoms with van der Waals surface area (Å²) in [6.45, 7) is 7.00. The molecule has 0 aromatic heterocycles. The van der Waals surface area contributed by atoms with Gasteiger partial charge in [-0.3, -0.25) is 4.79 Å². The van der Waals surface area contributed by atoms with Gasteiger partial charge in [0.05, 0.1) is 6.61 Å². The third-order valence-electron chi connectivity index (χ3n) is 1.70. The molecule has 1 amide bonds. The lowest BCUT2D eigenvalue weighted by atomic mass is 10.4. The van der Waals surface area contributed by atoms with Crippen LogP contribution in [0.15, 0.2) is 0 Å². The van der Waals surface area contributed by atoms with Crippen molar-refractivity contribution in [3.05, 3.63) is 0 Å². The topological polar surface area (TPSA) is 55.4 Å². The Bertz CT molecular complexity index is 194. The minimum absolute atomic E-state index is 0.241. The summed E-state index contributed by atoms with van der Waals surface area (Å²) in [7, 11) is -0.539. The van der Waals surface area contributed by atoms with Crippen LogP contribution in [0.25, 0.3) is 0 Å². The van der Waals surface area contributed by atoms with Crippen molar-refractivity contribution in [2.45, 2.75) is 32.5 Å². The summed E-state index contributed by atoms with van der Waals surface area (Å²) in [5, 5.41) is 2.53. The Labute approximate surface area is 86.6 Å². The molecule has 1 N–H and O–H groups in total. The number of hydrogen-bond donors (Lipinski definition) is 1. The minimum atomic E-state index is -0.783. The van der Waals surface area contributed by atoms with Crippen molar-refractivity contribution in [3.63, 3.8) is 0 Å². The summed E-state index contributed by atoms with van der Waals surface area (Å²) in [5.41, 5.74) is 0. The van der Waals surface area contributed by atoms with Crippen LogP contribution in [0.4, 0.5) is 0 Å². The molecule has 0 atom stereocenters. The average molecular weight is 217 g/mol. The van der Waals surface area contributed by atoms with E-state index in [1.165, 1.54) is 6.04 Å². The van der Waals surface area contributed by atoms with Crippen molar-refractivity contribution in [3.8, 4) is 0 Å². The first-order chi connectivity index (χ1) is 6.57. The zero-order valence-electron chi connectivity index (χ0n) is 9.13. The van der Waals surface area contributed by atoms with Crippen molar-refractivity contribution in [1.82, 2.24) is 5.32 Å². The molecule has 0 unspecified atom stereocenters. The molecule has 5 heteroatoms. The van der Waals surface area contributed by atoms with E-state index in [0.717, 1.165) is 6.42 Å². The van der Waals surface area contributed by atoms with Gasteiger partial charge in [-0.05, 0) is 13.3 Å². The van der Waals surface area contributed by atoms with Crippen molar-refractivity contribution in [2.24, 2.45) is 0 Å². The van der Waals surface area contributed by atoms with E-state index in [0.29, 0.717) is 6.54 Å². The predicted octanol–water partition coefficient (Wildman–Crippen LogP) is 0.542. The average Bonchev–Trinajstić information content (AvgIpc) is 2.12. The Morgan fingerprint density at radius 1 is 1.36 bits per heavy atom. The summed E-state index contributed by atoms with van der Waals surface area (Å²) < 4.78 is 4.54. The van der Waals surface area contributed by atoms with Gasteiger partial charge in [0.1, 0.15) is 0 Å². The molecule has 0 saturated carbocycles. The van der Waals surface area contributed by atoms with Gasteiger partial charge < -0.3 is 10.1 Å². The Balaban J connectivity index is 3.49. The van der Waals surface area contributed by atoms with Crippen LogP contribution in [-0.2, 0) is 14.3 Å². The lowest BCUT2D eigenvalue weighted by molar-refractivity contribution is -0.154. The minimum Gasteiger partial charge on any atom is -0.459 e. The Morgan fingerprint density at radius 2 is 2.00 bits per heavy atom. The first-order valence-corrected chi connectivity index (χ1v) is 8.15. The van der Waals surface area contributed by atoms with Crippen molar-refractivity contribution in [1.29, 1.82) is 0 Å². The van der Waals surface area contributed by atoms with Gasteiger partial charge in [-0.25, -0.2) is 4.79 Å². The zero-order chi connectivity index (χ0) is 11.0. The van der Waals surface area contributed by atoms with Gasteiger partial charge in [0, 0.05) is 15.3 Å². The first kappa shape index (κ1) is 13.2. The molecule has 82 valence electrons. The Kier molecular flexibility index (Phi) is 7.10. The fraction of sp³-hybridized carbons (Fsp3) is 0.778. The van der Waals surface area contributed by atoms with E-state index in [9.17, 15) is 9.59 Å². The highest BCUT2D eigenvalue weighted by Gasteiger charge is 2.12. The molecular formula is C9H19NO3Si. The number of amides is 1. The van der Waals surface area contributed by atoms with Crippen LogP contribution in [0.2, 0.25) is 19.1 Å². The quantitative estimate of drug-likeness (QED) is 0.316. The van der Waals surface area contributed by atoms with Crippen molar-refractivity contribution >= 4 is 20.7 Å². The second-order valence-electron chi connectivity index (χ2n) is 3.51. The highest BCUT2D eigenvalue weighted by Crippen LogP contribution is 1.94. The van der Waals surface area contributed by atoms with E-state index in [2.05, 4.69) is 23.1 Å². The molecule has 0 aliphatic rings. The van der Waals surface area contributed by atoms with E-state index in [1.54, 1.807) is 6.92 Å². The zero-order valence-corrected chi connectivity index (χ0v) is 10.3. The van der Waals surface area contributed by atoms with E-state index in [1.807, 2.05) is 0 Å². The SMILES string of the molecule is CCOC(=O)C(=O)NCCC[SiH](C)C. The number of nitrogens with one attached hydrogen (secondary N) is 1. The fourth-order valence-electron chi connectivity index (χ4n) is 0.981. The normalized spacial score (nSPS) is 10.0. The first-order valence-electron chi connectivity index (χ1n) is 5.02. The number of hydrogen-bond acceptors (Lipinski definition) is 3. The lowest BCUT2D eigenvalue weighted by Gasteiger charge is -2.05. The summed E-state index contributed by atoms with van der Waals surface area (Å²) in [4.78, 5) is 21.8. The molecule has 0 aliphatic carbocycles. The predicted molar refractivity (Wildman–Crippen MR) is 57.9 cm³/mol. The van der Waals surface area contributed by atoms with Crippen molar-refractivity contribution in [2.75, 3.05) is 13.2 Å². The molecule has 0 spiro atoms.